The Hall–Kier alpha value is -3.22. The van der Waals surface area contributed by atoms with Gasteiger partial charge in [0.15, 0.2) is 5.78 Å². The summed E-state index contributed by atoms with van der Waals surface area (Å²) in [5.41, 5.74) is 1.56. The highest BCUT2D eigenvalue weighted by Gasteiger charge is 2.17. The second-order valence-corrected chi connectivity index (χ2v) is 8.38. The Bertz CT molecular complexity index is 950. The number of phenols is 2. The highest BCUT2D eigenvalue weighted by Crippen LogP contribution is 2.32. The summed E-state index contributed by atoms with van der Waals surface area (Å²) < 4.78 is 16.1. The molecular weight excluding hydrogens is 424 g/mol. The van der Waals surface area contributed by atoms with Crippen LogP contribution in [0.3, 0.4) is 0 Å². The number of Topliss-reactive ketones (excluding diaryl/α,β-unsaturated/α-hetero) is 1. The highest BCUT2D eigenvalue weighted by molar-refractivity contribution is 5.99. The molecule has 2 aromatic rings. The minimum atomic E-state index is -0.321. The monoisotopic (exact) mass is 458 g/mol. The third-order valence-electron chi connectivity index (χ3n) is 5.22. The fraction of sp³-hybridized carbons (Fsp3) is 0.462. The topological polar surface area (TPSA) is 102 Å². The van der Waals surface area contributed by atoms with Gasteiger partial charge in [-0.25, -0.2) is 0 Å². The summed E-state index contributed by atoms with van der Waals surface area (Å²) in [5, 5.41) is 20.5. The summed E-state index contributed by atoms with van der Waals surface area (Å²) in [6, 6.07) is 8.38. The lowest BCUT2D eigenvalue weighted by Crippen LogP contribution is -2.06. The maximum atomic E-state index is 12.3. The molecule has 0 aromatic heterocycles. The van der Waals surface area contributed by atoms with Crippen molar-refractivity contribution in [2.75, 3.05) is 20.3 Å². The van der Waals surface area contributed by atoms with Gasteiger partial charge in [-0.15, -0.1) is 0 Å². The highest BCUT2D eigenvalue weighted by atomic mass is 16.5. The third kappa shape index (κ3) is 8.00. The van der Waals surface area contributed by atoms with Crippen molar-refractivity contribution in [2.24, 2.45) is 5.92 Å². The fourth-order valence-electron chi connectivity index (χ4n) is 3.30. The number of unbranched alkanes of at least 4 members (excludes halogenated alkanes) is 1. The average molecular weight is 459 g/mol. The van der Waals surface area contributed by atoms with Gasteiger partial charge in [-0.05, 0) is 55.9 Å². The zero-order chi connectivity index (χ0) is 24.4. The second-order valence-electron chi connectivity index (χ2n) is 8.38. The lowest BCUT2D eigenvalue weighted by atomic mass is 9.98. The maximum absolute atomic E-state index is 12.3. The van der Waals surface area contributed by atoms with Crippen molar-refractivity contribution in [1.29, 1.82) is 0 Å². The van der Waals surface area contributed by atoms with Gasteiger partial charge in [0.05, 0.1) is 25.9 Å². The Morgan fingerprint density at radius 1 is 1.00 bits per heavy atom. The van der Waals surface area contributed by atoms with Crippen LogP contribution in [0.4, 0.5) is 0 Å². The number of methoxy groups -OCH3 is 1. The molecule has 0 saturated heterocycles. The second kappa shape index (κ2) is 12.7. The first-order valence-corrected chi connectivity index (χ1v) is 11.2. The summed E-state index contributed by atoms with van der Waals surface area (Å²) in [6.45, 7) is 6.57. The van der Waals surface area contributed by atoms with E-state index in [4.69, 9.17) is 9.47 Å². The van der Waals surface area contributed by atoms with E-state index < -0.39 is 0 Å². The largest absolute Gasteiger partial charge is 0.508 e. The van der Waals surface area contributed by atoms with Gasteiger partial charge in [0.1, 0.15) is 23.0 Å². The Kier molecular flexibility index (Phi) is 10.0. The number of hydrogen-bond donors (Lipinski definition) is 2. The quantitative estimate of drug-likeness (QED) is 0.248. The smallest absolute Gasteiger partial charge is 0.305 e. The molecule has 7 heteroatoms. The third-order valence-corrected chi connectivity index (χ3v) is 5.22. The Balaban J connectivity index is 1.75. The Labute approximate surface area is 195 Å². The summed E-state index contributed by atoms with van der Waals surface area (Å²) in [4.78, 5) is 23.5. The molecule has 2 N–H and O–H groups in total. The number of ketones is 1. The van der Waals surface area contributed by atoms with E-state index in [9.17, 15) is 19.8 Å². The molecule has 0 aliphatic rings. The van der Waals surface area contributed by atoms with Crippen molar-refractivity contribution in [3.63, 3.8) is 0 Å². The van der Waals surface area contributed by atoms with Crippen LogP contribution in [0.2, 0.25) is 0 Å². The number of rotatable bonds is 13. The lowest BCUT2D eigenvalue weighted by molar-refractivity contribution is -0.140. The Morgan fingerprint density at radius 3 is 2.33 bits per heavy atom. The molecule has 2 rings (SSSR count). The number of aryl methyl sites for hydroxylation is 1. The summed E-state index contributed by atoms with van der Waals surface area (Å²) >= 11 is 0. The van der Waals surface area contributed by atoms with Gasteiger partial charge in [-0.1, -0.05) is 19.9 Å². The summed E-state index contributed by atoms with van der Waals surface area (Å²) in [5.74, 6) is 1.01. The molecule has 0 spiro atoms. The van der Waals surface area contributed by atoms with Crippen LogP contribution in [0.1, 0.15) is 61.0 Å². The molecular formula is C26H34O7. The van der Waals surface area contributed by atoms with Crippen molar-refractivity contribution in [2.45, 2.75) is 52.9 Å². The van der Waals surface area contributed by atoms with Crippen molar-refractivity contribution >= 4 is 11.8 Å². The first-order chi connectivity index (χ1) is 15.7. The van der Waals surface area contributed by atoms with E-state index in [1.54, 1.807) is 31.2 Å². The van der Waals surface area contributed by atoms with Crippen LogP contribution in [-0.2, 0) is 16.0 Å². The summed E-state index contributed by atoms with van der Waals surface area (Å²) in [7, 11) is 1.34. The lowest BCUT2D eigenvalue weighted by Gasteiger charge is -2.14. The van der Waals surface area contributed by atoms with Crippen LogP contribution in [0.15, 0.2) is 30.3 Å². The van der Waals surface area contributed by atoms with Crippen molar-refractivity contribution < 1.29 is 34.0 Å². The zero-order valence-electron chi connectivity index (χ0n) is 19.8. The van der Waals surface area contributed by atoms with E-state index in [0.717, 1.165) is 12.8 Å². The average Bonchev–Trinajstić information content (AvgIpc) is 2.77. The predicted molar refractivity (Wildman–Crippen MR) is 125 cm³/mol. The maximum Gasteiger partial charge on any atom is 0.305 e. The molecule has 0 fully saturated rings. The molecule has 0 saturated carbocycles. The van der Waals surface area contributed by atoms with Gasteiger partial charge in [0.2, 0.25) is 0 Å². The number of phenolic OH excluding ortho intramolecular Hbond substituents is 2. The van der Waals surface area contributed by atoms with E-state index in [0.29, 0.717) is 54.2 Å². The molecule has 0 atom stereocenters. The van der Waals surface area contributed by atoms with Crippen molar-refractivity contribution in [3.8, 4) is 23.0 Å². The van der Waals surface area contributed by atoms with Gasteiger partial charge in [0, 0.05) is 24.5 Å². The molecule has 0 bridgehead atoms. The standard InChI is InChI=1S/C26H34O7/c1-17(2)15-23(28)21-10-11-24(18(3)26(21)30)33-14-6-5-13-32-20-9-7-19(22(27)16-20)8-12-25(29)31-4/h7,9-11,16-17,27,30H,5-6,8,12-15H2,1-4H3. The number of esters is 1. The van der Waals surface area contributed by atoms with Crippen LogP contribution < -0.4 is 9.47 Å². The van der Waals surface area contributed by atoms with Crippen LogP contribution in [-0.4, -0.2) is 42.3 Å². The van der Waals surface area contributed by atoms with Gasteiger partial charge < -0.3 is 24.4 Å². The van der Waals surface area contributed by atoms with E-state index >= 15 is 0 Å². The molecule has 0 aliphatic heterocycles. The van der Waals surface area contributed by atoms with E-state index in [2.05, 4.69) is 4.74 Å². The number of benzene rings is 2. The minimum absolute atomic E-state index is 0.0173. The predicted octanol–water partition coefficient (Wildman–Crippen LogP) is 4.98. The Morgan fingerprint density at radius 2 is 1.70 bits per heavy atom. The van der Waals surface area contributed by atoms with E-state index in [1.807, 2.05) is 13.8 Å². The molecule has 180 valence electrons. The molecule has 0 radical (unpaired) electrons. The van der Waals surface area contributed by atoms with Crippen molar-refractivity contribution in [3.05, 3.63) is 47.0 Å². The SMILES string of the molecule is COC(=O)CCc1ccc(OCCCCOc2ccc(C(=O)CC(C)C)c(O)c2C)cc1O. The normalized spacial score (nSPS) is 10.8. The number of carbonyl (C=O) groups excluding carboxylic acids is 2. The van der Waals surface area contributed by atoms with E-state index in [-0.39, 0.29) is 35.6 Å². The number of ether oxygens (including phenoxy) is 3. The van der Waals surface area contributed by atoms with Gasteiger partial charge in [-0.3, -0.25) is 9.59 Å². The molecule has 2 aromatic carbocycles. The first kappa shape index (κ1) is 26.0. The van der Waals surface area contributed by atoms with Gasteiger partial charge >= 0.3 is 5.97 Å². The van der Waals surface area contributed by atoms with Crippen LogP contribution in [0.25, 0.3) is 0 Å². The van der Waals surface area contributed by atoms with Gasteiger partial charge in [0.25, 0.3) is 0 Å². The minimum Gasteiger partial charge on any atom is -0.508 e. The molecule has 0 unspecified atom stereocenters. The molecule has 0 heterocycles. The first-order valence-electron chi connectivity index (χ1n) is 11.2. The molecule has 0 aliphatic carbocycles. The number of carbonyl (C=O) groups is 2. The number of aromatic hydroxyl groups is 2. The van der Waals surface area contributed by atoms with E-state index in [1.165, 1.54) is 13.2 Å². The van der Waals surface area contributed by atoms with Crippen molar-refractivity contribution in [1.82, 2.24) is 0 Å². The van der Waals surface area contributed by atoms with Crippen LogP contribution in [0, 0.1) is 12.8 Å². The van der Waals surface area contributed by atoms with Crippen LogP contribution in [0.5, 0.6) is 23.0 Å². The molecule has 7 nitrogen and oxygen atoms in total. The molecule has 0 amide bonds. The van der Waals surface area contributed by atoms with Crippen LogP contribution >= 0.6 is 0 Å². The fourth-order valence-corrected chi connectivity index (χ4v) is 3.30. The summed E-state index contributed by atoms with van der Waals surface area (Å²) in [6.07, 6.45) is 2.47. The molecule has 33 heavy (non-hydrogen) atoms. The zero-order valence-corrected chi connectivity index (χ0v) is 19.8. The van der Waals surface area contributed by atoms with Gasteiger partial charge in [-0.2, -0.15) is 0 Å². The number of hydrogen-bond acceptors (Lipinski definition) is 7.